The molecule has 0 nitrogen and oxygen atoms in total. The van der Waals surface area contributed by atoms with E-state index in [-0.39, 0.29) is 0 Å². The molecule has 0 bridgehead atoms. The summed E-state index contributed by atoms with van der Waals surface area (Å²) in [5.41, 5.74) is 4.38. The van der Waals surface area contributed by atoms with Crippen molar-refractivity contribution in [3.05, 3.63) is 33.8 Å². The van der Waals surface area contributed by atoms with Gasteiger partial charge in [-0.2, -0.15) is 0 Å². The second kappa shape index (κ2) is 6.40. The highest BCUT2D eigenvalue weighted by Crippen LogP contribution is 2.56. The minimum atomic E-state index is 0.430. The van der Waals surface area contributed by atoms with E-state index in [1.54, 1.807) is 0 Å². The Labute approximate surface area is 137 Å². The van der Waals surface area contributed by atoms with Crippen LogP contribution in [-0.2, 0) is 0 Å². The Kier molecular flexibility index (Phi) is 5.24. The van der Waals surface area contributed by atoms with Gasteiger partial charge in [-0.3, -0.25) is 0 Å². The van der Waals surface area contributed by atoms with Crippen LogP contribution in [0, 0.1) is 25.2 Å². The first-order valence-corrected chi connectivity index (χ1v) is 9.06. The molecule has 0 N–H and O–H groups in total. The molecule has 20 heavy (non-hydrogen) atoms. The maximum absolute atomic E-state index is 6.25. The average molecular weight is 358 g/mol. The number of hydrogen-bond acceptors (Lipinski definition) is 0. The summed E-state index contributed by atoms with van der Waals surface area (Å²) in [6.45, 7) is 8.99. The average Bonchev–Trinajstić information content (AvgIpc) is 2.81. The van der Waals surface area contributed by atoms with E-state index in [1.165, 1.54) is 48.8 Å². The predicted molar refractivity (Wildman–Crippen MR) is 93.0 cm³/mol. The lowest BCUT2D eigenvalue weighted by atomic mass is 9.73. The number of benzene rings is 1. The zero-order valence-electron chi connectivity index (χ0n) is 13.1. The fourth-order valence-electron chi connectivity index (χ4n) is 3.86. The third kappa shape index (κ3) is 3.25. The zero-order chi connectivity index (χ0) is 14.9. The summed E-state index contributed by atoms with van der Waals surface area (Å²) < 4.78 is 0. The molecule has 1 unspecified atom stereocenters. The molecule has 1 atom stereocenters. The predicted octanol–water partition coefficient (Wildman–Crippen LogP) is 7.00. The highest BCUT2D eigenvalue weighted by molar-refractivity contribution is 9.09. The first-order chi connectivity index (χ1) is 9.35. The van der Waals surface area contributed by atoms with Crippen LogP contribution in [0.15, 0.2) is 12.1 Å². The summed E-state index contributed by atoms with van der Waals surface area (Å²) in [7, 11) is 0. The van der Waals surface area contributed by atoms with Crippen molar-refractivity contribution in [1.82, 2.24) is 0 Å². The van der Waals surface area contributed by atoms with Gasteiger partial charge in [0.25, 0.3) is 0 Å². The lowest BCUT2D eigenvalue weighted by Crippen LogP contribution is -2.25. The lowest BCUT2D eigenvalue weighted by molar-refractivity contribution is 0.230. The van der Waals surface area contributed by atoms with Gasteiger partial charge in [0.15, 0.2) is 0 Å². The summed E-state index contributed by atoms with van der Waals surface area (Å²) in [4.78, 5) is 0.455. The Hall–Kier alpha value is -0.0100. The molecule has 1 aliphatic rings. The quantitative estimate of drug-likeness (QED) is 0.509. The number of rotatable bonds is 4. The van der Waals surface area contributed by atoms with E-state index in [9.17, 15) is 0 Å². The summed E-state index contributed by atoms with van der Waals surface area (Å²) in [5, 5.41) is 0.885. The summed E-state index contributed by atoms with van der Waals surface area (Å²) in [6.07, 6.45) is 6.76. The first kappa shape index (κ1) is 16.4. The Morgan fingerprint density at radius 1 is 1.15 bits per heavy atom. The molecule has 0 heterocycles. The number of halogens is 2. The number of aryl methyl sites for hydroxylation is 2. The summed E-state index contributed by atoms with van der Waals surface area (Å²) >= 11 is 10.3. The van der Waals surface area contributed by atoms with Crippen LogP contribution >= 0.6 is 27.5 Å². The molecule has 2 heteroatoms. The molecular formula is C18H26BrCl. The Bertz CT molecular complexity index is 473. The van der Waals surface area contributed by atoms with Crippen molar-refractivity contribution in [2.75, 3.05) is 0 Å². The van der Waals surface area contributed by atoms with Gasteiger partial charge in [-0.05, 0) is 67.2 Å². The van der Waals surface area contributed by atoms with Crippen molar-refractivity contribution in [2.24, 2.45) is 11.3 Å². The second-order valence-corrected chi connectivity index (χ2v) is 8.31. The van der Waals surface area contributed by atoms with Crippen LogP contribution in [0.5, 0.6) is 0 Å². The molecule has 0 aromatic heterocycles. The van der Waals surface area contributed by atoms with Gasteiger partial charge in [-0.1, -0.05) is 60.3 Å². The number of hydrogen-bond donors (Lipinski definition) is 0. The molecule has 112 valence electrons. The van der Waals surface area contributed by atoms with Crippen LogP contribution in [0.25, 0.3) is 0 Å². The molecule has 1 aromatic rings. The van der Waals surface area contributed by atoms with E-state index in [0.29, 0.717) is 10.2 Å². The second-order valence-electron chi connectivity index (χ2n) is 6.99. The molecule has 1 aromatic carbocycles. The Balaban J connectivity index is 2.37. The summed E-state index contributed by atoms with van der Waals surface area (Å²) in [6, 6.07) is 4.41. The van der Waals surface area contributed by atoms with Gasteiger partial charge in [0.2, 0.25) is 0 Å². The van der Waals surface area contributed by atoms with Gasteiger partial charge >= 0.3 is 0 Å². The largest absolute Gasteiger partial charge is 0.0840 e. The third-order valence-corrected chi connectivity index (χ3v) is 6.64. The SMILES string of the molecule is Cc1cc(C(Br)C2(CC(C)C)CCCC2)c(C)cc1Cl. The molecule has 2 rings (SSSR count). The van der Waals surface area contributed by atoms with Gasteiger partial charge in [-0.25, -0.2) is 0 Å². The molecule has 1 fully saturated rings. The molecular weight excluding hydrogens is 332 g/mol. The van der Waals surface area contributed by atoms with Crippen molar-refractivity contribution in [2.45, 2.75) is 64.6 Å². The standard InChI is InChI=1S/C18H26BrCl/c1-12(2)11-18(7-5-6-8-18)17(19)15-9-14(4)16(20)10-13(15)3/h9-10,12,17H,5-8,11H2,1-4H3. The molecule has 1 saturated carbocycles. The molecule has 0 saturated heterocycles. The van der Waals surface area contributed by atoms with Crippen LogP contribution in [0.3, 0.4) is 0 Å². The number of alkyl halides is 1. The van der Waals surface area contributed by atoms with Gasteiger partial charge in [-0.15, -0.1) is 0 Å². The van der Waals surface area contributed by atoms with E-state index >= 15 is 0 Å². The van der Waals surface area contributed by atoms with E-state index in [2.05, 4.69) is 55.8 Å². The van der Waals surface area contributed by atoms with E-state index < -0.39 is 0 Å². The molecule has 0 spiro atoms. The van der Waals surface area contributed by atoms with Gasteiger partial charge in [0, 0.05) is 9.85 Å². The van der Waals surface area contributed by atoms with Gasteiger partial charge < -0.3 is 0 Å². The fourth-order valence-corrected chi connectivity index (χ4v) is 5.22. The molecule has 0 aliphatic heterocycles. The highest BCUT2D eigenvalue weighted by Gasteiger charge is 2.41. The minimum absolute atomic E-state index is 0.430. The fraction of sp³-hybridized carbons (Fsp3) is 0.667. The van der Waals surface area contributed by atoms with Gasteiger partial charge in [0.1, 0.15) is 0 Å². The Morgan fingerprint density at radius 2 is 1.75 bits per heavy atom. The van der Waals surface area contributed by atoms with Gasteiger partial charge in [0.05, 0.1) is 0 Å². The van der Waals surface area contributed by atoms with Crippen molar-refractivity contribution < 1.29 is 0 Å². The highest BCUT2D eigenvalue weighted by atomic mass is 79.9. The third-order valence-electron chi connectivity index (χ3n) is 4.77. The normalized spacial score (nSPS) is 19.6. The monoisotopic (exact) mass is 356 g/mol. The zero-order valence-corrected chi connectivity index (χ0v) is 15.4. The Morgan fingerprint density at radius 3 is 2.30 bits per heavy atom. The maximum atomic E-state index is 6.25. The van der Waals surface area contributed by atoms with Crippen LogP contribution < -0.4 is 0 Å². The summed E-state index contributed by atoms with van der Waals surface area (Å²) in [5.74, 6) is 0.752. The lowest BCUT2D eigenvalue weighted by Gasteiger charge is -2.37. The van der Waals surface area contributed by atoms with E-state index in [0.717, 1.165) is 10.9 Å². The van der Waals surface area contributed by atoms with Crippen molar-refractivity contribution in [1.29, 1.82) is 0 Å². The van der Waals surface area contributed by atoms with E-state index in [4.69, 9.17) is 11.6 Å². The van der Waals surface area contributed by atoms with Crippen LogP contribution in [-0.4, -0.2) is 0 Å². The van der Waals surface area contributed by atoms with Crippen molar-refractivity contribution in [3.8, 4) is 0 Å². The van der Waals surface area contributed by atoms with Crippen LogP contribution in [0.2, 0.25) is 5.02 Å². The maximum Gasteiger partial charge on any atom is 0.0454 e. The van der Waals surface area contributed by atoms with Crippen molar-refractivity contribution >= 4 is 27.5 Å². The smallest absolute Gasteiger partial charge is 0.0454 e. The van der Waals surface area contributed by atoms with E-state index in [1.807, 2.05) is 0 Å². The topological polar surface area (TPSA) is 0 Å². The molecule has 0 amide bonds. The van der Waals surface area contributed by atoms with Crippen molar-refractivity contribution in [3.63, 3.8) is 0 Å². The molecule has 0 radical (unpaired) electrons. The first-order valence-electron chi connectivity index (χ1n) is 7.76. The molecule has 1 aliphatic carbocycles. The minimum Gasteiger partial charge on any atom is -0.0840 e. The van der Waals surface area contributed by atoms with Crippen LogP contribution in [0.4, 0.5) is 0 Å². The van der Waals surface area contributed by atoms with Crippen LogP contribution in [0.1, 0.15) is 67.5 Å².